The summed E-state index contributed by atoms with van der Waals surface area (Å²) in [6, 6.07) is 10.0. The van der Waals surface area contributed by atoms with E-state index >= 15 is 0 Å². The van der Waals surface area contributed by atoms with Crippen molar-refractivity contribution in [3.05, 3.63) is 66.3 Å². The number of benzene rings is 1. The van der Waals surface area contributed by atoms with Crippen LogP contribution in [0.4, 0.5) is 5.69 Å². The summed E-state index contributed by atoms with van der Waals surface area (Å²) in [6.45, 7) is 20.5. The fraction of sp³-hybridized carbons (Fsp3) is 0.423. The van der Waals surface area contributed by atoms with Crippen molar-refractivity contribution in [2.45, 2.75) is 54.4 Å². The lowest BCUT2D eigenvalue weighted by atomic mass is 10.1. The Bertz CT molecular complexity index is 607. The number of carbonyl (C=O) groups is 2. The highest BCUT2D eigenvalue weighted by Gasteiger charge is 1.94. The Kier molecular flexibility index (Phi) is 34.6. The van der Waals surface area contributed by atoms with Gasteiger partial charge in [-0.1, -0.05) is 80.1 Å². The molecule has 0 aliphatic heterocycles. The average molecular weight is 449 g/mol. The number of carbonyl (C=O) groups excluding carboxylic acids is 2. The summed E-state index contributed by atoms with van der Waals surface area (Å²) >= 11 is 1.60. The molecule has 0 unspecified atom stereocenters. The molecule has 1 aromatic rings. The number of nitrogens with zero attached hydrogens (tertiary/aromatic N) is 1. The number of allylic oxidation sites excluding steroid dienone is 5. The van der Waals surface area contributed by atoms with Crippen LogP contribution in [-0.4, -0.2) is 32.0 Å². The molecule has 0 spiro atoms. The second-order valence-electron chi connectivity index (χ2n) is 6.60. The fourth-order valence-electron chi connectivity index (χ4n) is 1.47. The molecule has 0 saturated carbocycles. The molecule has 0 fully saturated rings. The Morgan fingerprint density at radius 1 is 1.13 bits per heavy atom. The van der Waals surface area contributed by atoms with Gasteiger partial charge >= 0.3 is 0 Å². The molecule has 31 heavy (non-hydrogen) atoms. The van der Waals surface area contributed by atoms with E-state index in [4.69, 9.17) is 9.59 Å². The maximum atomic E-state index is 8.00. The van der Waals surface area contributed by atoms with Gasteiger partial charge in [-0.3, -0.25) is 4.99 Å². The van der Waals surface area contributed by atoms with E-state index in [1.807, 2.05) is 57.1 Å². The third-order valence-corrected chi connectivity index (χ3v) is 4.14. The van der Waals surface area contributed by atoms with Crippen molar-refractivity contribution in [2.75, 3.05) is 18.6 Å². The first-order chi connectivity index (χ1) is 14.8. The van der Waals surface area contributed by atoms with Crippen molar-refractivity contribution in [1.29, 1.82) is 0 Å². The highest BCUT2D eigenvalue weighted by Crippen LogP contribution is 2.08. The molecule has 0 aromatic heterocycles. The molecule has 5 heteroatoms. The van der Waals surface area contributed by atoms with Gasteiger partial charge in [-0.25, -0.2) is 0 Å². The lowest BCUT2D eigenvalue weighted by Gasteiger charge is -2.05. The molecule has 0 aliphatic rings. The third kappa shape index (κ3) is 32.5. The van der Waals surface area contributed by atoms with Crippen LogP contribution in [0.25, 0.3) is 0 Å². The van der Waals surface area contributed by atoms with Gasteiger partial charge in [0.05, 0.1) is 0 Å². The molecule has 0 radical (unpaired) electrons. The molecule has 4 nitrogen and oxygen atoms in total. The number of anilines is 1. The molecule has 0 heterocycles. The summed E-state index contributed by atoms with van der Waals surface area (Å²) in [5, 5.41) is 4.12. The first kappa shape index (κ1) is 36.0. The standard InChI is InChI=1S/C10H18.C9H12N2S.C5H10.2CH2O/c1-5-10(4)8-6-7-9(2)3;1-10-9(12-2)11-8-6-4-3-5-7-8;1-4-5(2)3;2*1-2/h5-6,8-9H,7H2,1-4H3;3-7H,1-2H3,(H,10,11);2,4H2,1,3H3;2*1H2/b8-6-,10-5-;;;;. The lowest BCUT2D eigenvalue weighted by Crippen LogP contribution is -2.06. The summed E-state index contributed by atoms with van der Waals surface area (Å²) < 4.78 is 0. The highest BCUT2D eigenvalue weighted by molar-refractivity contribution is 8.13. The van der Waals surface area contributed by atoms with E-state index in [0.717, 1.165) is 23.2 Å². The number of para-hydroxylation sites is 1. The predicted molar refractivity (Wildman–Crippen MR) is 144 cm³/mol. The maximum absolute atomic E-state index is 8.00. The van der Waals surface area contributed by atoms with Gasteiger partial charge in [0.25, 0.3) is 0 Å². The zero-order valence-corrected chi connectivity index (χ0v) is 21.7. The van der Waals surface area contributed by atoms with Crippen LogP contribution in [0.1, 0.15) is 54.4 Å². The number of aliphatic imine (C=N–C) groups is 1. The lowest BCUT2D eigenvalue weighted by molar-refractivity contribution is -0.0987. The van der Waals surface area contributed by atoms with Gasteiger partial charge in [0.15, 0.2) is 5.17 Å². The number of amidine groups is 1. The van der Waals surface area contributed by atoms with Crippen molar-refractivity contribution in [2.24, 2.45) is 10.9 Å². The summed E-state index contributed by atoms with van der Waals surface area (Å²) in [5.41, 5.74) is 3.68. The van der Waals surface area contributed by atoms with E-state index in [0.29, 0.717) is 0 Å². The van der Waals surface area contributed by atoms with E-state index in [9.17, 15) is 0 Å². The summed E-state index contributed by atoms with van der Waals surface area (Å²) in [6.07, 6.45) is 10.8. The molecule has 1 aromatic carbocycles. The second-order valence-corrected chi connectivity index (χ2v) is 7.39. The van der Waals surface area contributed by atoms with Crippen LogP contribution in [0.2, 0.25) is 0 Å². The molecule has 0 aliphatic carbocycles. The molecule has 0 bridgehead atoms. The number of thioether (sulfide) groups is 1. The summed E-state index contributed by atoms with van der Waals surface area (Å²) in [5.74, 6) is 0.779. The topological polar surface area (TPSA) is 58.5 Å². The summed E-state index contributed by atoms with van der Waals surface area (Å²) in [7, 11) is 1.78. The van der Waals surface area contributed by atoms with E-state index in [2.05, 4.69) is 69.7 Å². The smallest absolute Gasteiger partial charge is 0.160 e. The third-order valence-electron chi connectivity index (χ3n) is 3.47. The highest BCUT2D eigenvalue weighted by atomic mass is 32.2. The van der Waals surface area contributed by atoms with Gasteiger partial charge in [-0.2, -0.15) is 0 Å². The van der Waals surface area contributed by atoms with Gasteiger partial charge in [0.1, 0.15) is 13.6 Å². The molecule has 0 atom stereocenters. The van der Waals surface area contributed by atoms with Crippen LogP contribution in [0.3, 0.4) is 0 Å². The van der Waals surface area contributed by atoms with Crippen molar-refractivity contribution in [3.63, 3.8) is 0 Å². The second kappa shape index (κ2) is 29.8. The minimum Gasteiger partial charge on any atom is -0.335 e. The molecule has 0 amide bonds. The normalized spacial score (nSPS) is 10.2. The number of nitrogens with one attached hydrogen (secondary N) is 1. The largest absolute Gasteiger partial charge is 0.335 e. The molecule has 1 N–H and O–H groups in total. The van der Waals surface area contributed by atoms with Crippen molar-refractivity contribution >= 4 is 36.2 Å². The minimum atomic E-state index is 0.779. The minimum absolute atomic E-state index is 0.779. The first-order valence-corrected chi connectivity index (χ1v) is 11.4. The Hall–Kier alpha value is -2.40. The number of hydrogen-bond donors (Lipinski definition) is 1. The molecular formula is C26H44N2O2S. The fourth-order valence-corrected chi connectivity index (χ4v) is 1.87. The van der Waals surface area contributed by atoms with Crippen LogP contribution < -0.4 is 5.32 Å². The van der Waals surface area contributed by atoms with Crippen molar-refractivity contribution in [1.82, 2.24) is 0 Å². The first-order valence-electron chi connectivity index (χ1n) is 10.1. The van der Waals surface area contributed by atoms with Crippen molar-refractivity contribution < 1.29 is 9.59 Å². The zero-order valence-electron chi connectivity index (χ0n) is 20.9. The Morgan fingerprint density at radius 2 is 1.61 bits per heavy atom. The SMILES string of the molecule is C/C=C(C)\C=C/CC(C)C.C=C(C)CC.C=O.C=O.CN=C(Nc1ccccc1)SC. The number of rotatable bonds is 5. The quantitative estimate of drug-likeness (QED) is 0.218. The van der Waals surface area contributed by atoms with Crippen molar-refractivity contribution in [3.8, 4) is 0 Å². The summed E-state index contributed by atoms with van der Waals surface area (Å²) in [4.78, 5) is 20.1. The molecule has 0 saturated heterocycles. The van der Waals surface area contributed by atoms with E-state index < -0.39 is 0 Å². The van der Waals surface area contributed by atoms with E-state index in [1.165, 1.54) is 17.6 Å². The van der Waals surface area contributed by atoms with Crippen LogP contribution in [0.15, 0.2) is 71.3 Å². The maximum Gasteiger partial charge on any atom is 0.160 e. The molecular weight excluding hydrogens is 404 g/mol. The molecule has 1 rings (SSSR count). The number of hydrogen-bond acceptors (Lipinski definition) is 4. The zero-order chi connectivity index (χ0) is 25.1. The van der Waals surface area contributed by atoms with Gasteiger partial charge in [0.2, 0.25) is 0 Å². The van der Waals surface area contributed by atoms with Gasteiger partial charge < -0.3 is 14.9 Å². The van der Waals surface area contributed by atoms with Gasteiger partial charge in [-0.15, -0.1) is 6.58 Å². The Labute approximate surface area is 196 Å². The van der Waals surface area contributed by atoms with Gasteiger partial charge in [-0.05, 0) is 57.9 Å². The average Bonchev–Trinajstić information content (AvgIpc) is 2.81. The monoisotopic (exact) mass is 448 g/mol. The van der Waals surface area contributed by atoms with E-state index in [-0.39, 0.29) is 0 Å². The predicted octanol–water partition coefficient (Wildman–Crippen LogP) is 7.60. The van der Waals surface area contributed by atoms with Gasteiger partial charge in [0, 0.05) is 12.7 Å². The van der Waals surface area contributed by atoms with Crippen LogP contribution in [0.5, 0.6) is 0 Å². The Morgan fingerprint density at radius 3 is 1.94 bits per heavy atom. The Balaban J connectivity index is -0.000000173. The van der Waals surface area contributed by atoms with Crippen LogP contribution in [-0.2, 0) is 9.59 Å². The van der Waals surface area contributed by atoms with Crippen LogP contribution in [0, 0.1) is 5.92 Å². The van der Waals surface area contributed by atoms with Crippen LogP contribution >= 0.6 is 11.8 Å². The molecule has 176 valence electrons. The van der Waals surface area contributed by atoms with E-state index in [1.54, 1.807) is 18.8 Å².